The summed E-state index contributed by atoms with van der Waals surface area (Å²) in [6, 6.07) is 3.52. The van der Waals surface area contributed by atoms with Gasteiger partial charge in [-0.05, 0) is 41.2 Å². The number of halogens is 1. The molecule has 1 amide bonds. The fourth-order valence-corrected chi connectivity index (χ4v) is 1.70. The zero-order valence-corrected chi connectivity index (χ0v) is 11.8. The smallest absolute Gasteiger partial charge is 0.269 e. The van der Waals surface area contributed by atoms with E-state index in [1.54, 1.807) is 12.3 Å². The van der Waals surface area contributed by atoms with Crippen molar-refractivity contribution in [2.45, 2.75) is 13.8 Å². The van der Waals surface area contributed by atoms with E-state index >= 15 is 0 Å². The molecule has 0 bridgehead atoms. The van der Waals surface area contributed by atoms with Gasteiger partial charge in [-0.1, -0.05) is 13.8 Å². The van der Waals surface area contributed by atoms with Crippen LogP contribution in [0.15, 0.2) is 22.8 Å². The normalized spacial score (nSPS) is 10.6. The van der Waals surface area contributed by atoms with Gasteiger partial charge in [-0.2, -0.15) is 0 Å². The second-order valence-electron chi connectivity index (χ2n) is 3.64. The summed E-state index contributed by atoms with van der Waals surface area (Å²) in [4.78, 5) is 18.0. The Hall–Kier alpha value is -0.940. The number of aromatic nitrogens is 1. The number of carbonyl (C=O) groups is 1. The molecule has 0 spiro atoms. The molecule has 0 aliphatic rings. The maximum absolute atomic E-state index is 11.7. The highest BCUT2D eigenvalue weighted by molar-refractivity contribution is 9.10. The molecule has 0 fully saturated rings. The Morgan fingerprint density at radius 2 is 2.12 bits per heavy atom. The molecule has 1 heterocycles. The predicted octanol–water partition coefficient (Wildman–Crippen LogP) is 1.92. The lowest BCUT2D eigenvalue weighted by atomic mass is 10.3. The largest absolute Gasteiger partial charge is 0.349 e. The molecule has 1 rings (SSSR count). The predicted molar refractivity (Wildman–Crippen MR) is 72.1 cm³/mol. The third-order valence-electron chi connectivity index (χ3n) is 2.57. The van der Waals surface area contributed by atoms with Gasteiger partial charge in [0.2, 0.25) is 0 Å². The number of amides is 1. The molecule has 17 heavy (non-hydrogen) atoms. The fourth-order valence-electron chi connectivity index (χ4n) is 1.47. The van der Waals surface area contributed by atoms with Crippen LogP contribution in [0.5, 0.6) is 0 Å². The van der Waals surface area contributed by atoms with Crippen LogP contribution >= 0.6 is 15.9 Å². The molecule has 0 aliphatic carbocycles. The monoisotopic (exact) mass is 299 g/mol. The van der Waals surface area contributed by atoms with Gasteiger partial charge in [0.25, 0.3) is 5.91 Å². The summed E-state index contributed by atoms with van der Waals surface area (Å²) in [5.41, 5.74) is 0.452. The average Bonchev–Trinajstić information content (AvgIpc) is 2.35. The molecular formula is C12H18BrN3O. The van der Waals surface area contributed by atoms with Crippen LogP contribution in [0.4, 0.5) is 0 Å². The molecule has 0 unspecified atom stereocenters. The summed E-state index contributed by atoms with van der Waals surface area (Å²) in [5.74, 6) is -0.121. The number of likely N-dealkylation sites (N-methyl/N-ethyl adjacent to an activating group) is 1. The lowest BCUT2D eigenvalue weighted by Gasteiger charge is -2.17. The third kappa shape index (κ3) is 4.83. The van der Waals surface area contributed by atoms with Crippen molar-refractivity contribution < 1.29 is 4.79 Å². The van der Waals surface area contributed by atoms with Crippen molar-refractivity contribution in [2.75, 3.05) is 26.2 Å². The van der Waals surface area contributed by atoms with Crippen LogP contribution in [-0.2, 0) is 0 Å². The number of nitrogens with one attached hydrogen (secondary N) is 1. The van der Waals surface area contributed by atoms with E-state index in [1.807, 2.05) is 6.07 Å². The first-order valence-electron chi connectivity index (χ1n) is 5.79. The molecular weight excluding hydrogens is 282 g/mol. The summed E-state index contributed by atoms with van der Waals surface area (Å²) in [6.45, 7) is 7.75. The first-order valence-corrected chi connectivity index (χ1v) is 6.58. The topological polar surface area (TPSA) is 45.2 Å². The highest BCUT2D eigenvalue weighted by Crippen LogP contribution is 2.07. The Kier molecular flexibility index (Phi) is 6.15. The second-order valence-corrected chi connectivity index (χ2v) is 4.56. The quantitative estimate of drug-likeness (QED) is 0.873. The number of nitrogens with zero attached hydrogens (tertiary/aromatic N) is 2. The molecule has 5 heteroatoms. The van der Waals surface area contributed by atoms with Crippen LogP contribution in [0, 0.1) is 0 Å². The van der Waals surface area contributed by atoms with Gasteiger partial charge in [0.1, 0.15) is 5.69 Å². The van der Waals surface area contributed by atoms with Crippen molar-refractivity contribution in [3.8, 4) is 0 Å². The lowest BCUT2D eigenvalue weighted by molar-refractivity contribution is 0.0944. The molecule has 0 saturated carbocycles. The number of rotatable bonds is 6. The van der Waals surface area contributed by atoms with Gasteiger partial charge in [-0.25, -0.2) is 4.98 Å². The Morgan fingerprint density at radius 1 is 1.41 bits per heavy atom. The number of carbonyl (C=O) groups excluding carboxylic acids is 1. The van der Waals surface area contributed by atoms with Gasteiger partial charge in [0, 0.05) is 23.8 Å². The van der Waals surface area contributed by atoms with Crippen molar-refractivity contribution in [3.05, 3.63) is 28.5 Å². The van der Waals surface area contributed by atoms with Crippen LogP contribution < -0.4 is 5.32 Å². The fraction of sp³-hybridized carbons (Fsp3) is 0.500. The first kappa shape index (κ1) is 14.1. The van der Waals surface area contributed by atoms with E-state index in [1.165, 1.54) is 0 Å². The van der Waals surface area contributed by atoms with Crippen molar-refractivity contribution in [2.24, 2.45) is 0 Å². The summed E-state index contributed by atoms with van der Waals surface area (Å²) in [7, 11) is 0. The number of hydrogen-bond acceptors (Lipinski definition) is 3. The number of pyridine rings is 1. The molecule has 0 radical (unpaired) electrons. The Balaban J connectivity index is 2.37. The van der Waals surface area contributed by atoms with Crippen LogP contribution in [0.3, 0.4) is 0 Å². The van der Waals surface area contributed by atoms with E-state index in [0.29, 0.717) is 12.2 Å². The molecule has 94 valence electrons. The Labute approximate surface area is 111 Å². The summed E-state index contributed by atoms with van der Waals surface area (Å²) < 4.78 is 0.872. The minimum Gasteiger partial charge on any atom is -0.349 e. The van der Waals surface area contributed by atoms with E-state index in [9.17, 15) is 4.79 Å². The lowest BCUT2D eigenvalue weighted by Crippen LogP contribution is -2.35. The van der Waals surface area contributed by atoms with Crippen LogP contribution in [0.1, 0.15) is 24.3 Å². The standard InChI is InChI=1S/C12H18BrN3O/c1-3-16(4-2)8-7-14-12(17)11-6-5-10(13)9-15-11/h5-6,9H,3-4,7-8H2,1-2H3,(H,14,17). The molecule has 0 aromatic carbocycles. The van der Waals surface area contributed by atoms with Gasteiger partial charge in [0.15, 0.2) is 0 Å². The molecule has 1 N–H and O–H groups in total. The zero-order chi connectivity index (χ0) is 12.7. The van der Waals surface area contributed by atoms with E-state index in [4.69, 9.17) is 0 Å². The van der Waals surface area contributed by atoms with Gasteiger partial charge in [0.05, 0.1) is 0 Å². The highest BCUT2D eigenvalue weighted by Gasteiger charge is 2.06. The highest BCUT2D eigenvalue weighted by atomic mass is 79.9. The van der Waals surface area contributed by atoms with Gasteiger partial charge in [-0.3, -0.25) is 4.79 Å². The Bertz CT molecular complexity index is 349. The summed E-state index contributed by atoms with van der Waals surface area (Å²) in [5, 5.41) is 2.86. The average molecular weight is 300 g/mol. The van der Waals surface area contributed by atoms with E-state index in [-0.39, 0.29) is 5.91 Å². The Morgan fingerprint density at radius 3 is 2.65 bits per heavy atom. The summed E-state index contributed by atoms with van der Waals surface area (Å²) >= 11 is 3.28. The number of hydrogen-bond donors (Lipinski definition) is 1. The van der Waals surface area contributed by atoms with E-state index in [0.717, 1.165) is 24.1 Å². The van der Waals surface area contributed by atoms with Gasteiger partial charge >= 0.3 is 0 Å². The molecule has 4 nitrogen and oxygen atoms in total. The maximum Gasteiger partial charge on any atom is 0.269 e. The van der Waals surface area contributed by atoms with Crippen molar-refractivity contribution >= 4 is 21.8 Å². The maximum atomic E-state index is 11.7. The van der Waals surface area contributed by atoms with Crippen LogP contribution in [0.25, 0.3) is 0 Å². The summed E-state index contributed by atoms with van der Waals surface area (Å²) in [6.07, 6.45) is 1.62. The molecule has 0 aliphatic heterocycles. The SMILES string of the molecule is CCN(CC)CCNC(=O)c1ccc(Br)cn1. The molecule has 0 atom stereocenters. The van der Waals surface area contributed by atoms with Crippen LogP contribution in [0.2, 0.25) is 0 Å². The molecule has 1 aromatic rings. The van der Waals surface area contributed by atoms with Crippen molar-refractivity contribution in [3.63, 3.8) is 0 Å². The first-order chi connectivity index (χ1) is 8.17. The van der Waals surface area contributed by atoms with E-state index < -0.39 is 0 Å². The van der Waals surface area contributed by atoms with Crippen LogP contribution in [-0.4, -0.2) is 42.0 Å². The minimum absolute atomic E-state index is 0.121. The van der Waals surface area contributed by atoms with Gasteiger partial charge in [-0.15, -0.1) is 0 Å². The van der Waals surface area contributed by atoms with E-state index in [2.05, 4.69) is 45.0 Å². The molecule has 1 aromatic heterocycles. The zero-order valence-electron chi connectivity index (χ0n) is 10.2. The second kappa shape index (κ2) is 7.40. The third-order valence-corrected chi connectivity index (χ3v) is 3.04. The molecule has 0 saturated heterocycles. The minimum atomic E-state index is -0.121. The van der Waals surface area contributed by atoms with Crippen molar-refractivity contribution in [1.82, 2.24) is 15.2 Å². The van der Waals surface area contributed by atoms with Crippen molar-refractivity contribution in [1.29, 1.82) is 0 Å². The van der Waals surface area contributed by atoms with Gasteiger partial charge < -0.3 is 10.2 Å².